The van der Waals surface area contributed by atoms with Gasteiger partial charge in [-0.15, -0.1) is 6.42 Å². The van der Waals surface area contributed by atoms with Gasteiger partial charge in [-0.2, -0.15) is 0 Å². The summed E-state index contributed by atoms with van der Waals surface area (Å²) in [5, 5.41) is 2.82. The zero-order valence-electron chi connectivity index (χ0n) is 9.40. The lowest BCUT2D eigenvalue weighted by atomic mass is 10.0. The molecular weight excluding hydrogens is 204 g/mol. The van der Waals surface area contributed by atoms with Crippen LogP contribution < -0.4 is 5.32 Å². The highest BCUT2D eigenvalue weighted by atomic mass is 16.2. The molecule has 2 unspecified atom stereocenters. The molecule has 16 heavy (non-hydrogen) atoms. The second-order valence-corrected chi connectivity index (χ2v) is 4.42. The second-order valence-electron chi connectivity index (χ2n) is 4.42. The van der Waals surface area contributed by atoms with E-state index in [1.54, 1.807) is 4.90 Å². The molecule has 2 rings (SSSR count). The van der Waals surface area contributed by atoms with Crippen LogP contribution in [0.4, 0.5) is 0 Å². The summed E-state index contributed by atoms with van der Waals surface area (Å²) in [6.07, 6.45) is 7.90. The molecule has 0 aromatic heterocycles. The molecule has 0 spiro atoms. The van der Waals surface area contributed by atoms with Crippen LogP contribution in [0.3, 0.4) is 0 Å². The first kappa shape index (κ1) is 11.0. The van der Waals surface area contributed by atoms with Crippen LogP contribution in [0.25, 0.3) is 0 Å². The number of hydrogen-bond acceptors (Lipinski definition) is 2. The number of hydrogen-bond donors (Lipinski definition) is 1. The van der Waals surface area contributed by atoms with Gasteiger partial charge in [0.25, 0.3) is 0 Å². The maximum absolute atomic E-state index is 12.1. The summed E-state index contributed by atoms with van der Waals surface area (Å²) in [7, 11) is 0. The van der Waals surface area contributed by atoms with Crippen molar-refractivity contribution in [1.29, 1.82) is 0 Å². The Labute approximate surface area is 95.4 Å². The Morgan fingerprint density at radius 3 is 2.69 bits per heavy atom. The van der Waals surface area contributed by atoms with Crippen molar-refractivity contribution in [1.82, 2.24) is 10.2 Å². The third kappa shape index (κ3) is 1.78. The molecule has 1 heterocycles. The Kier molecular flexibility index (Phi) is 2.86. The highest BCUT2D eigenvalue weighted by molar-refractivity contribution is 5.97. The van der Waals surface area contributed by atoms with E-state index in [1.807, 2.05) is 6.92 Å². The standard InChI is InChI=1S/C12H16N2O2/c1-3-7-14-9(4-2)11(15)13-10(12(14)16)8-5-6-8/h1,8-10H,4-7H2,2H3,(H,13,15). The van der Waals surface area contributed by atoms with E-state index in [2.05, 4.69) is 11.2 Å². The average molecular weight is 220 g/mol. The summed E-state index contributed by atoms with van der Waals surface area (Å²) < 4.78 is 0. The van der Waals surface area contributed by atoms with Crippen molar-refractivity contribution in [2.75, 3.05) is 6.54 Å². The van der Waals surface area contributed by atoms with Gasteiger partial charge in [0, 0.05) is 0 Å². The lowest BCUT2D eigenvalue weighted by molar-refractivity contribution is -0.149. The average Bonchev–Trinajstić information content (AvgIpc) is 3.07. The van der Waals surface area contributed by atoms with Gasteiger partial charge in [-0.1, -0.05) is 12.8 Å². The maximum Gasteiger partial charge on any atom is 0.246 e. The topological polar surface area (TPSA) is 49.4 Å². The zero-order chi connectivity index (χ0) is 11.7. The number of terminal acetylenes is 1. The molecule has 1 aliphatic heterocycles. The molecule has 0 aromatic rings. The van der Waals surface area contributed by atoms with Gasteiger partial charge in [-0.25, -0.2) is 0 Å². The fourth-order valence-electron chi connectivity index (χ4n) is 2.23. The Balaban J connectivity index is 2.18. The number of carbonyl (C=O) groups is 2. The van der Waals surface area contributed by atoms with Gasteiger partial charge in [0.1, 0.15) is 12.1 Å². The molecule has 86 valence electrons. The molecule has 1 N–H and O–H groups in total. The molecule has 1 aliphatic carbocycles. The van der Waals surface area contributed by atoms with Gasteiger partial charge >= 0.3 is 0 Å². The number of amides is 2. The molecular formula is C12H16N2O2. The highest BCUT2D eigenvalue weighted by Crippen LogP contribution is 2.35. The van der Waals surface area contributed by atoms with Crippen molar-refractivity contribution in [3.05, 3.63) is 0 Å². The number of nitrogens with zero attached hydrogens (tertiary/aromatic N) is 1. The monoisotopic (exact) mass is 220 g/mol. The minimum atomic E-state index is -0.390. The first-order chi connectivity index (χ1) is 7.69. The second kappa shape index (κ2) is 4.17. The normalized spacial score (nSPS) is 29.9. The molecule has 4 nitrogen and oxygen atoms in total. The predicted octanol–water partition coefficient (Wildman–Crippen LogP) is 0.135. The third-order valence-electron chi connectivity index (χ3n) is 3.27. The van der Waals surface area contributed by atoms with E-state index in [9.17, 15) is 9.59 Å². The molecule has 0 aromatic carbocycles. The smallest absolute Gasteiger partial charge is 0.246 e. The van der Waals surface area contributed by atoms with Gasteiger partial charge in [-0.05, 0) is 25.2 Å². The minimum absolute atomic E-state index is 0.00750. The third-order valence-corrected chi connectivity index (χ3v) is 3.27. The first-order valence-electron chi connectivity index (χ1n) is 5.73. The number of rotatable bonds is 3. The van der Waals surface area contributed by atoms with Crippen molar-refractivity contribution < 1.29 is 9.59 Å². The van der Waals surface area contributed by atoms with E-state index in [-0.39, 0.29) is 24.4 Å². The van der Waals surface area contributed by atoms with Gasteiger partial charge in [-0.3, -0.25) is 9.59 Å². The fraction of sp³-hybridized carbons (Fsp3) is 0.667. The van der Waals surface area contributed by atoms with Gasteiger partial charge < -0.3 is 10.2 Å². The number of piperazine rings is 1. The molecule has 1 saturated carbocycles. The van der Waals surface area contributed by atoms with Crippen molar-refractivity contribution in [3.63, 3.8) is 0 Å². The van der Waals surface area contributed by atoms with E-state index in [0.717, 1.165) is 12.8 Å². The van der Waals surface area contributed by atoms with Crippen LogP contribution in [0.5, 0.6) is 0 Å². The predicted molar refractivity (Wildman–Crippen MR) is 59.3 cm³/mol. The molecule has 4 heteroatoms. The first-order valence-corrected chi connectivity index (χ1v) is 5.73. The Morgan fingerprint density at radius 1 is 1.50 bits per heavy atom. The lowest BCUT2D eigenvalue weighted by Gasteiger charge is -2.37. The maximum atomic E-state index is 12.1. The van der Waals surface area contributed by atoms with Crippen LogP contribution in [-0.2, 0) is 9.59 Å². The van der Waals surface area contributed by atoms with Crippen LogP contribution in [0.15, 0.2) is 0 Å². The van der Waals surface area contributed by atoms with Gasteiger partial charge in [0.05, 0.1) is 6.54 Å². The minimum Gasteiger partial charge on any atom is -0.342 e. The van der Waals surface area contributed by atoms with Crippen molar-refractivity contribution in [2.24, 2.45) is 5.92 Å². The molecule has 2 amide bonds. The van der Waals surface area contributed by atoms with Gasteiger partial charge in [0.15, 0.2) is 0 Å². The van der Waals surface area contributed by atoms with E-state index < -0.39 is 6.04 Å². The Hall–Kier alpha value is -1.50. The molecule has 0 radical (unpaired) electrons. The van der Waals surface area contributed by atoms with E-state index >= 15 is 0 Å². The SMILES string of the molecule is C#CCN1C(=O)C(C2CC2)NC(=O)C1CC. The van der Waals surface area contributed by atoms with Crippen LogP contribution in [-0.4, -0.2) is 35.3 Å². The van der Waals surface area contributed by atoms with Crippen LogP contribution in [0.2, 0.25) is 0 Å². The number of nitrogens with one attached hydrogen (secondary N) is 1. The highest BCUT2D eigenvalue weighted by Gasteiger charge is 2.45. The largest absolute Gasteiger partial charge is 0.342 e. The van der Waals surface area contributed by atoms with Crippen molar-refractivity contribution in [3.8, 4) is 12.3 Å². The summed E-state index contributed by atoms with van der Waals surface area (Å²) in [6, 6.07) is -0.720. The van der Waals surface area contributed by atoms with E-state index in [0.29, 0.717) is 12.3 Å². The molecule has 1 saturated heterocycles. The van der Waals surface area contributed by atoms with Crippen LogP contribution >= 0.6 is 0 Å². The van der Waals surface area contributed by atoms with Crippen molar-refractivity contribution >= 4 is 11.8 Å². The van der Waals surface area contributed by atoms with Crippen LogP contribution in [0.1, 0.15) is 26.2 Å². The lowest BCUT2D eigenvalue weighted by Crippen LogP contribution is -2.63. The quantitative estimate of drug-likeness (QED) is 0.688. The zero-order valence-corrected chi connectivity index (χ0v) is 9.40. The Morgan fingerprint density at radius 2 is 2.19 bits per heavy atom. The van der Waals surface area contributed by atoms with E-state index in [1.165, 1.54) is 0 Å². The molecule has 0 bridgehead atoms. The van der Waals surface area contributed by atoms with Gasteiger partial charge in [0.2, 0.25) is 11.8 Å². The Bertz CT molecular complexity index is 355. The number of carbonyl (C=O) groups excluding carboxylic acids is 2. The van der Waals surface area contributed by atoms with E-state index in [4.69, 9.17) is 6.42 Å². The summed E-state index contributed by atoms with van der Waals surface area (Å²) in [5.74, 6) is 2.72. The summed E-state index contributed by atoms with van der Waals surface area (Å²) in [6.45, 7) is 2.12. The fourth-order valence-corrected chi connectivity index (χ4v) is 2.23. The summed E-state index contributed by atoms with van der Waals surface area (Å²) >= 11 is 0. The molecule has 2 atom stereocenters. The molecule has 2 fully saturated rings. The van der Waals surface area contributed by atoms with Crippen LogP contribution in [0, 0.1) is 18.3 Å². The van der Waals surface area contributed by atoms with Crippen molar-refractivity contribution in [2.45, 2.75) is 38.3 Å². The summed E-state index contributed by atoms with van der Waals surface area (Å²) in [5.41, 5.74) is 0. The molecule has 2 aliphatic rings. The summed E-state index contributed by atoms with van der Waals surface area (Å²) in [4.78, 5) is 25.5.